The summed E-state index contributed by atoms with van der Waals surface area (Å²) in [6.45, 7) is -0.881. The van der Waals surface area contributed by atoms with Crippen LogP contribution in [0.15, 0.2) is 0 Å². The number of aliphatic hydroxyl groups is 6. The van der Waals surface area contributed by atoms with Gasteiger partial charge in [-0.3, -0.25) is 0 Å². The molecule has 0 unspecified atom stereocenters. The maximum Gasteiger partial charge on any atom is 1.00 e. The Morgan fingerprint density at radius 1 is 1.42 bits per heavy atom. The Balaban J connectivity index is 0.00000324. The van der Waals surface area contributed by atoms with Gasteiger partial charge in [-0.2, -0.15) is 0 Å². The zero-order valence-electron chi connectivity index (χ0n) is 10.2. The quantitative estimate of drug-likeness (QED) is 0.275. The SMILES string of the molecule is O=C([O-])[C@@]1(O)C[C@H](O)[C@@H](O)[C@H]([C@H](O)[C@H](O)CO)O1.[Na+]. The number of carboxylic acid groups (broad SMARTS) is 1. The molecule has 0 amide bonds. The van der Waals surface area contributed by atoms with Crippen LogP contribution < -0.4 is 34.7 Å². The molecule has 1 heterocycles. The van der Waals surface area contributed by atoms with E-state index in [4.69, 9.17) is 5.11 Å². The Morgan fingerprint density at radius 2 is 1.95 bits per heavy atom. The predicted octanol–water partition coefficient (Wildman–Crippen LogP) is -8.35. The summed E-state index contributed by atoms with van der Waals surface area (Å²) in [5, 5.41) is 66.4. The van der Waals surface area contributed by atoms with Gasteiger partial charge >= 0.3 is 29.6 Å². The van der Waals surface area contributed by atoms with Crippen molar-refractivity contribution < 1.29 is 74.8 Å². The Bertz CT molecular complexity index is 314. The van der Waals surface area contributed by atoms with Crippen LogP contribution in [0.1, 0.15) is 6.42 Å². The van der Waals surface area contributed by atoms with Crippen molar-refractivity contribution in [3.63, 3.8) is 0 Å². The topological polar surface area (TPSA) is 171 Å². The minimum absolute atomic E-state index is 0. The van der Waals surface area contributed by atoms with Gasteiger partial charge in [-0.15, -0.1) is 0 Å². The second kappa shape index (κ2) is 7.27. The molecular weight excluding hydrogens is 275 g/mol. The van der Waals surface area contributed by atoms with Crippen molar-refractivity contribution in [3.8, 4) is 0 Å². The maximum atomic E-state index is 10.7. The molecule has 19 heavy (non-hydrogen) atoms. The first kappa shape index (κ1) is 19.2. The van der Waals surface area contributed by atoms with Crippen molar-refractivity contribution in [3.05, 3.63) is 0 Å². The van der Waals surface area contributed by atoms with Crippen molar-refractivity contribution in [1.82, 2.24) is 0 Å². The Morgan fingerprint density at radius 3 is 2.37 bits per heavy atom. The van der Waals surface area contributed by atoms with Crippen molar-refractivity contribution in [2.24, 2.45) is 0 Å². The van der Waals surface area contributed by atoms with Gasteiger partial charge in [-0.05, 0) is 0 Å². The van der Waals surface area contributed by atoms with Crippen molar-refractivity contribution in [2.75, 3.05) is 6.61 Å². The molecule has 1 rings (SSSR count). The fraction of sp³-hybridized carbons (Fsp3) is 0.889. The summed E-state index contributed by atoms with van der Waals surface area (Å²) in [5.41, 5.74) is 0. The number of carbonyl (C=O) groups is 1. The molecule has 1 saturated heterocycles. The Hall–Kier alpha value is 0.190. The van der Waals surface area contributed by atoms with Crippen molar-refractivity contribution >= 4 is 5.97 Å². The number of carbonyl (C=O) groups excluding carboxylic acids is 1. The minimum Gasteiger partial charge on any atom is -0.544 e. The van der Waals surface area contributed by atoms with Gasteiger partial charge < -0.3 is 45.3 Å². The molecule has 10 heteroatoms. The van der Waals surface area contributed by atoms with Gasteiger partial charge in [-0.1, -0.05) is 0 Å². The van der Waals surface area contributed by atoms with Crippen LogP contribution in [0.25, 0.3) is 0 Å². The number of rotatable bonds is 4. The average molecular weight is 290 g/mol. The van der Waals surface area contributed by atoms with Crippen molar-refractivity contribution in [2.45, 2.75) is 42.7 Å². The molecule has 0 aliphatic carbocycles. The Kier molecular flexibility index (Phi) is 7.34. The molecule has 0 spiro atoms. The molecule has 6 atom stereocenters. The van der Waals surface area contributed by atoms with Gasteiger partial charge in [0.1, 0.15) is 30.4 Å². The van der Waals surface area contributed by atoms with Gasteiger partial charge in [0.05, 0.1) is 12.7 Å². The molecule has 1 aliphatic rings. The van der Waals surface area contributed by atoms with Crippen LogP contribution in [-0.4, -0.2) is 79.5 Å². The molecule has 0 bridgehead atoms. The third-order valence-electron chi connectivity index (χ3n) is 2.78. The van der Waals surface area contributed by atoms with E-state index in [0.29, 0.717) is 0 Å². The molecule has 0 aromatic rings. The van der Waals surface area contributed by atoms with Crippen molar-refractivity contribution in [1.29, 1.82) is 0 Å². The third kappa shape index (κ3) is 4.08. The summed E-state index contributed by atoms with van der Waals surface area (Å²) in [6, 6.07) is 0. The van der Waals surface area contributed by atoms with E-state index in [9.17, 15) is 35.4 Å². The second-order valence-electron chi connectivity index (χ2n) is 4.16. The van der Waals surface area contributed by atoms with E-state index in [0.717, 1.165) is 0 Å². The normalized spacial score (nSPS) is 38.1. The zero-order chi connectivity index (χ0) is 14.1. The number of aliphatic carboxylic acids is 1. The molecule has 9 nitrogen and oxygen atoms in total. The molecule has 6 N–H and O–H groups in total. The molecule has 1 aliphatic heterocycles. The molecule has 1 fully saturated rings. The number of hydrogen-bond donors (Lipinski definition) is 6. The van der Waals surface area contributed by atoms with Gasteiger partial charge in [0.2, 0.25) is 5.79 Å². The summed E-state index contributed by atoms with van der Waals surface area (Å²) in [7, 11) is 0. The second-order valence-corrected chi connectivity index (χ2v) is 4.16. The number of aliphatic hydroxyl groups excluding tert-OH is 5. The van der Waals surface area contributed by atoms with Crippen LogP contribution in [-0.2, 0) is 9.53 Å². The van der Waals surface area contributed by atoms with Crippen LogP contribution in [0, 0.1) is 0 Å². The monoisotopic (exact) mass is 290 g/mol. The smallest absolute Gasteiger partial charge is 0.544 e. The fourth-order valence-electron chi connectivity index (χ4n) is 1.70. The molecule has 0 aromatic heterocycles. The summed E-state index contributed by atoms with van der Waals surface area (Å²) < 4.78 is 4.57. The summed E-state index contributed by atoms with van der Waals surface area (Å²) in [4.78, 5) is 10.7. The number of ether oxygens (including phenoxy) is 1. The molecule has 0 saturated carbocycles. The summed E-state index contributed by atoms with van der Waals surface area (Å²) >= 11 is 0. The number of carboxylic acids is 1. The zero-order valence-corrected chi connectivity index (χ0v) is 12.2. The first-order valence-corrected chi connectivity index (χ1v) is 5.17. The summed E-state index contributed by atoms with van der Waals surface area (Å²) in [6.07, 6.45) is -9.71. The minimum atomic E-state index is -2.89. The van der Waals surface area contributed by atoms with E-state index in [2.05, 4.69) is 4.74 Å². The van der Waals surface area contributed by atoms with Gasteiger partial charge in [0, 0.05) is 6.42 Å². The van der Waals surface area contributed by atoms with Gasteiger partial charge in [0.15, 0.2) is 0 Å². The van der Waals surface area contributed by atoms with E-state index in [1.807, 2.05) is 0 Å². The Labute approximate surface area is 130 Å². The van der Waals surface area contributed by atoms with Gasteiger partial charge in [0.25, 0.3) is 0 Å². The van der Waals surface area contributed by atoms with E-state index < -0.39 is 55.3 Å². The van der Waals surface area contributed by atoms with Crippen LogP contribution in [0.5, 0.6) is 0 Å². The van der Waals surface area contributed by atoms with E-state index in [-0.39, 0.29) is 29.6 Å². The van der Waals surface area contributed by atoms with E-state index in [1.54, 1.807) is 0 Å². The van der Waals surface area contributed by atoms with Gasteiger partial charge in [-0.25, -0.2) is 0 Å². The summed E-state index contributed by atoms with van der Waals surface area (Å²) in [5.74, 6) is -4.94. The van der Waals surface area contributed by atoms with E-state index >= 15 is 0 Å². The van der Waals surface area contributed by atoms with Crippen LogP contribution in [0.4, 0.5) is 0 Å². The van der Waals surface area contributed by atoms with Crippen LogP contribution in [0.2, 0.25) is 0 Å². The first-order chi connectivity index (χ1) is 8.23. The first-order valence-electron chi connectivity index (χ1n) is 5.17. The largest absolute Gasteiger partial charge is 1.00 e. The van der Waals surface area contributed by atoms with E-state index in [1.165, 1.54) is 0 Å². The predicted molar refractivity (Wildman–Crippen MR) is 50.6 cm³/mol. The molecular formula is C9H15NaO9. The third-order valence-corrected chi connectivity index (χ3v) is 2.78. The molecule has 106 valence electrons. The maximum absolute atomic E-state index is 10.7. The standard InChI is InChI=1S/C9H16O9.Na/c10-2-4(12)6(14)7-5(13)3(11)1-9(17,18-7)8(15)16;/h3-7,10-14,17H,1-2H2,(H,15,16);/q;+1/p-1/t3-,4+,5+,6+,7+,9+;/m0./s1. The van der Waals surface area contributed by atoms with Crippen LogP contribution >= 0.6 is 0 Å². The molecule has 0 radical (unpaired) electrons. The average Bonchev–Trinajstić information content (AvgIpc) is 2.31. The van der Waals surface area contributed by atoms with Crippen LogP contribution in [0.3, 0.4) is 0 Å². The number of hydrogen-bond acceptors (Lipinski definition) is 9. The fourth-order valence-corrected chi connectivity index (χ4v) is 1.70. The molecule has 0 aromatic carbocycles.